The maximum atomic E-state index is 13.2. The van der Waals surface area contributed by atoms with Crippen molar-refractivity contribution in [1.29, 1.82) is 0 Å². The lowest BCUT2D eigenvalue weighted by atomic mass is 9.79. The molecule has 0 N–H and O–H groups in total. The van der Waals surface area contributed by atoms with Crippen LogP contribution in [0.1, 0.15) is 44.9 Å². The van der Waals surface area contributed by atoms with Gasteiger partial charge in [0.25, 0.3) is 0 Å². The van der Waals surface area contributed by atoms with Gasteiger partial charge in [-0.15, -0.1) is 0 Å². The van der Waals surface area contributed by atoms with Gasteiger partial charge in [0.05, 0.1) is 6.10 Å². The zero-order valence-electron chi connectivity index (χ0n) is 15.4. The number of fused-ring (bicyclic) bond motifs is 1. The van der Waals surface area contributed by atoms with Gasteiger partial charge in [-0.25, -0.2) is 0 Å². The van der Waals surface area contributed by atoms with Gasteiger partial charge in [0.15, 0.2) is 8.32 Å². The number of rotatable bonds is 9. The largest absolute Gasteiger partial charge is 0.403 e. The van der Waals surface area contributed by atoms with Crippen molar-refractivity contribution in [3.05, 3.63) is 0 Å². The van der Waals surface area contributed by atoms with E-state index in [0.29, 0.717) is 13.0 Å². The molecule has 0 spiro atoms. The summed E-state index contributed by atoms with van der Waals surface area (Å²) in [5.74, 6) is -0.0541. The predicted octanol–water partition coefficient (Wildman–Crippen LogP) is 3.84. The molecule has 2 aliphatic rings. The fourth-order valence-corrected chi connectivity index (χ4v) is 5.52. The second kappa shape index (κ2) is 8.14. The molecule has 0 aromatic rings. The maximum Gasteiger partial charge on any atom is 0.213 e. The highest BCUT2D eigenvalue weighted by molar-refractivity contribution is 6.70. The molecule has 0 bridgehead atoms. The Kier molecular flexibility index (Phi) is 6.90. The summed E-state index contributed by atoms with van der Waals surface area (Å²) in [6.45, 7) is 7.22. The highest BCUT2D eigenvalue weighted by Crippen LogP contribution is 2.50. The molecule has 140 valence electrons. The number of unbranched alkanes of at least 4 members (excludes halogenated alkanes) is 1. The average Bonchev–Trinajstić information content (AvgIpc) is 2.71. The molecule has 24 heavy (non-hydrogen) atoms. The monoisotopic (exact) mass is 378 g/mol. The molecule has 5 nitrogen and oxygen atoms in total. The Morgan fingerprint density at radius 2 is 2.04 bits per heavy atom. The second-order valence-electron chi connectivity index (χ2n) is 7.79. The van der Waals surface area contributed by atoms with Crippen LogP contribution in [0.2, 0.25) is 19.6 Å². The van der Waals surface area contributed by atoms with Gasteiger partial charge in [-0.1, -0.05) is 18.0 Å². The molecule has 0 unspecified atom stereocenters. The average molecular weight is 379 g/mol. The number of ketones is 1. The first-order valence-electron chi connectivity index (χ1n) is 8.92. The van der Waals surface area contributed by atoms with E-state index in [1.165, 1.54) is 0 Å². The van der Waals surface area contributed by atoms with E-state index in [9.17, 15) is 4.79 Å². The van der Waals surface area contributed by atoms with Crippen LogP contribution in [0.4, 0.5) is 0 Å². The smallest absolute Gasteiger partial charge is 0.213 e. The second-order valence-corrected chi connectivity index (χ2v) is 12.8. The fourth-order valence-electron chi connectivity index (χ4n) is 3.70. The molecule has 7 heteroatoms. The minimum Gasteiger partial charge on any atom is -0.403 e. The van der Waals surface area contributed by atoms with Crippen LogP contribution in [0.5, 0.6) is 0 Å². The minimum absolute atomic E-state index is 0.0541. The molecule has 1 saturated heterocycles. The third-order valence-corrected chi connectivity index (χ3v) is 5.99. The Labute approximate surface area is 151 Å². The zero-order chi connectivity index (χ0) is 17.8. The number of methoxy groups -OCH3 is 1. The van der Waals surface area contributed by atoms with Gasteiger partial charge in [-0.05, 0) is 58.2 Å². The number of hydrogen-bond acceptors (Lipinski definition) is 5. The molecule has 0 aromatic heterocycles. The van der Waals surface area contributed by atoms with Crippen LogP contribution in [-0.2, 0) is 23.4 Å². The molecule has 2 fully saturated rings. The summed E-state index contributed by atoms with van der Waals surface area (Å²) in [6.07, 6.45) is 5.52. The summed E-state index contributed by atoms with van der Waals surface area (Å²) in [4.78, 5) is 13.2. The highest BCUT2D eigenvalue weighted by atomic mass is 35.5. The van der Waals surface area contributed by atoms with Crippen LogP contribution in [0.15, 0.2) is 0 Å². The van der Waals surface area contributed by atoms with Gasteiger partial charge in [-0.3, -0.25) is 4.79 Å². The van der Waals surface area contributed by atoms with E-state index >= 15 is 0 Å². The van der Waals surface area contributed by atoms with Gasteiger partial charge in [0.2, 0.25) is 10.8 Å². The van der Waals surface area contributed by atoms with Crippen LogP contribution in [0, 0.1) is 0 Å². The van der Waals surface area contributed by atoms with Crippen LogP contribution in [0.25, 0.3) is 0 Å². The SMILES string of the molecule is COCOCCCC[C@@]1(Cl)O[C@@H]2CCCC[C@]2(O[Si](C)(C)C)C1=O. The third kappa shape index (κ3) is 4.59. The molecule has 1 aliphatic carbocycles. The first-order valence-corrected chi connectivity index (χ1v) is 12.7. The molecule has 3 atom stereocenters. The molecule has 0 amide bonds. The predicted molar refractivity (Wildman–Crippen MR) is 95.8 cm³/mol. The first kappa shape index (κ1) is 20.3. The van der Waals surface area contributed by atoms with E-state index in [4.69, 9.17) is 30.2 Å². The van der Waals surface area contributed by atoms with Crippen molar-refractivity contribution in [3.63, 3.8) is 0 Å². The van der Waals surface area contributed by atoms with Gasteiger partial charge < -0.3 is 18.6 Å². The molecule has 0 radical (unpaired) electrons. The van der Waals surface area contributed by atoms with E-state index in [1.807, 2.05) is 0 Å². The van der Waals surface area contributed by atoms with E-state index in [1.54, 1.807) is 7.11 Å². The van der Waals surface area contributed by atoms with Crippen molar-refractivity contribution in [2.75, 3.05) is 20.5 Å². The van der Waals surface area contributed by atoms with Crippen molar-refractivity contribution in [3.8, 4) is 0 Å². The van der Waals surface area contributed by atoms with E-state index in [-0.39, 0.29) is 18.7 Å². The van der Waals surface area contributed by atoms with Crippen molar-refractivity contribution in [1.82, 2.24) is 0 Å². The molecule has 1 saturated carbocycles. The number of ether oxygens (including phenoxy) is 3. The van der Waals surface area contributed by atoms with Crippen LogP contribution in [-0.4, -0.2) is 51.4 Å². The minimum atomic E-state index is -1.89. The quantitative estimate of drug-likeness (QED) is 0.264. The molecule has 1 aliphatic heterocycles. The first-order chi connectivity index (χ1) is 11.2. The molecular weight excluding hydrogens is 348 g/mol. The van der Waals surface area contributed by atoms with Crippen molar-refractivity contribution < 1.29 is 23.4 Å². The summed E-state index contributed by atoms with van der Waals surface area (Å²) in [6, 6.07) is 0. The maximum absolute atomic E-state index is 13.2. The van der Waals surface area contributed by atoms with Crippen LogP contribution in [0.3, 0.4) is 0 Å². The number of alkyl halides is 1. The summed E-state index contributed by atoms with van der Waals surface area (Å²) in [5.41, 5.74) is -0.822. The van der Waals surface area contributed by atoms with Crippen LogP contribution >= 0.6 is 11.6 Å². The lowest BCUT2D eigenvalue weighted by molar-refractivity contribution is -0.136. The molecular formula is C17H31ClO5Si. The molecule has 0 aromatic carbocycles. The number of carbonyl (C=O) groups excluding carboxylic acids is 1. The standard InChI is InChI=1S/C17H31ClO5Si/c1-20-13-21-12-8-7-11-17(18)15(19)16(23-24(2,3)4)10-6-5-9-14(16)22-17/h14H,5-13H2,1-4H3/t14-,16-,17-/m1/s1. The zero-order valence-corrected chi connectivity index (χ0v) is 17.1. The van der Waals surface area contributed by atoms with E-state index < -0.39 is 19.0 Å². The summed E-state index contributed by atoms with van der Waals surface area (Å²) >= 11 is 6.65. The van der Waals surface area contributed by atoms with Gasteiger partial charge in [0, 0.05) is 13.7 Å². The highest BCUT2D eigenvalue weighted by Gasteiger charge is 2.64. The van der Waals surface area contributed by atoms with Gasteiger partial charge in [0.1, 0.15) is 12.4 Å². The summed E-state index contributed by atoms with van der Waals surface area (Å²) < 4.78 is 22.6. The Balaban J connectivity index is 2.01. The Hall–Kier alpha value is 0.0169. The van der Waals surface area contributed by atoms with E-state index in [0.717, 1.165) is 38.5 Å². The lowest BCUT2D eigenvalue weighted by Crippen LogP contribution is -2.55. The van der Waals surface area contributed by atoms with Crippen molar-refractivity contribution >= 4 is 25.7 Å². The van der Waals surface area contributed by atoms with Crippen molar-refractivity contribution in [2.24, 2.45) is 0 Å². The normalized spacial score (nSPS) is 33.7. The number of hydrogen-bond donors (Lipinski definition) is 0. The third-order valence-electron chi connectivity index (χ3n) is 4.56. The topological polar surface area (TPSA) is 54.0 Å². The van der Waals surface area contributed by atoms with Crippen LogP contribution < -0.4 is 0 Å². The lowest BCUT2D eigenvalue weighted by Gasteiger charge is -2.40. The molecule has 1 heterocycles. The Morgan fingerprint density at radius 3 is 2.71 bits per heavy atom. The number of Topliss-reactive ketones (excluding diaryl/α,β-unsaturated/α-hetero) is 1. The Morgan fingerprint density at radius 1 is 1.29 bits per heavy atom. The molecule has 2 rings (SSSR count). The number of carbonyl (C=O) groups is 1. The Bertz CT molecular complexity index is 441. The van der Waals surface area contributed by atoms with Gasteiger partial charge in [-0.2, -0.15) is 0 Å². The summed E-state index contributed by atoms with van der Waals surface area (Å²) in [7, 11) is -0.295. The number of halogens is 1. The fraction of sp³-hybridized carbons (Fsp3) is 0.941. The van der Waals surface area contributed by atoms with E-state index in [2.05, 4.69) is 19.6 Å². The van der Waals surface area contributed by atoms with Crippen molar-refractivity contribution in [2.45, 2.75) is 81.4 Å². The van der Waals surface area contributed by atoms with Gasteiger partial charge >= 0.3 is 0 Å². The summed E-state index contributed by atoms with van der Waals surface area (Å²) in [5, 5.41) is -1.24.